The number of halogens is 1. The Kier molecular flexibility index (Phi) is 5.30. The quantitative estimate of drug-likeness (QED) is 0.846. The smallest absolute Gasteiger partial charge is 0.263 e. The number of nitrogens with zero attached hydrogens (tertiary/aromatic N) is 1. The van der Waals surface area contributed by atoms with E-state index in [2.05, 4.69) is 6.92 Å². The third kappa shape index (κ3) is 3.89. The summed E-state index contributed by atoms with van der Waals surface area (Å²) in [4.78, 5) is 14.5. The molecule has 1 aliphatic rings. The number of ether oxygens (including phenoxy) is 1. The van der Waals surface area contributed by atoms with Crippen LogP contribution >= 0.6 is 11.6 Å². The number of rotatable bonds is 4. The first-order valence-corrected chi connectivity index (χ1v) is 7.69. The normalized spacial score (nSPS) is 20.6. The van der Waals surface area contributed by atoms with Gasteiger partial charge >= 0.3 is 0 Å². The number of carbonyl (C=O) groups excluding carboxylic acids is 1. The summed E-state index contributed by atoms with van der Waals surface area (Å²) in [6.07, 6.45) is 2.53. The summed E-state index contributed by atoms with van der Waals surface area (Å²) in [7, 11) is 0. The lowest BCUT2D eigenvalue weighted by molar-refractivity contribution is -0.140. The number of hydrogen-bond donors (Lipinski definition) is 0. The number of piperidine rings is 1. The van der Waals surface area contributed by atoms with Crippen LogP contribution in [0.1, 0.15) is 33.1 Å². The highest BCUT2D eigenvalue weighted by atomic mass is 35.5. The average Bonchev–Trinajstić information content (AvgIpc) is 2.44. The lowest BCUT2D eigenvalue weighted by atomic mass is 9.99. The molecule has 110 valence electrons. The standard InChI is InChI=1S/C16H22ClNO2/c1-3-15(20-14-8-4-7-13(17)10-14)16(19)18-9-5-6-12(2)11-18/h4,7-8,10,12,15H,3,5-6,9,11H2,1-2H3/t12-,15+/m1/s1. The number of hydrogen-bond acceptors (Lipinski definition) is 2. The Labute approximate surface area is 125 Å². The Bertz CT molecular complexity index is 464. The van der Waals surface area contributed by atoms with Crippen molar-refractivity contribution in [3.8, 4) is 5.75 Å². The van der Waals surface area contributed by atoms with Crippen molar-refractivity contribution in [2.75, 3.05) is 13.1 Å². The van der Waals surface area contributed by atoms with E-state index in [1.54, 1.807) is 12.1 Å². The van der Waals surface area contributed by atoms with Gasteiger partial charge in [0.2, 0.25) is 0 Å². The summed E-state index contributed by atoms with van der Waals surface area (Å²) in [5.74, 6) is 1.33. The number of amides is 1. The molecule has 0 bridgehead atoms. The Morgan fingerprint density at radius 3 is 3.00 bits per heavy atom. The molecule has 1 aromatic carbocycles. The fourth-order valence-electron chi connectivity index (χ4n) is 2.61. The van der Waals surface area contributed by atoms with Gasteiger partial charge in [0.25, 0.3) is 5.91 Å². The van der Waals surface area contributed by atoms with Crippen LogP contribution in [0.3, 0.4) is 0 Å². The van der Waals surface area contributed by atoms with Gasteiger partial charge in [-0.3, -0.25) is 4.79 Å². The van der Waals surface area contributed by atoms with Gasteiger partial charge in [-0.05, 0) is 43.4 Å². The van der Waals surface area contributed by atoms with E-state index < -0.39 is 6.10 Å². The predicted octanol–water partition coefficient (Wildman–Crippen LogP) is 3.76. The largest absolute Gasteiger partial charge is 0.481 e. The van der Waals surface area contributed by atoms with Crippen LogP contribution in [0.4, 0.5) is 0 Å². The molecule has 1 aliphatic heterocycles. The molecular weight excluding hydrogens is 274 g/mol. The fraction of sp³-hybridized carbons (Fsp3) is 0.562. The number of benzene rings is 1. The van der Waals surface area contributed by atoms with Gasteiger partial charge in [-0.15, -0.1) is 0 Å². The SMILES string of the molecule is CC[C@H](Oc1cccc(Cl)c1)C(=O)N1CCC[C@@H](C)C1. The summed E-state index contributed by atoms with van der Waals surface area (Å²) in [6, 6.07) is 7.21. The van der Waals surface area contributed by atoms with Crippen LogP contribution in [0.15, 0.2) is 24.3 Å². The molecule has 1 amide bonds. The molecular formula is C16H22ClNO2. The zero-order chi connectivity index (χ0) is 14.5. The van der Waals surface area contributed by atoms with Gasteiger partial charge in [0, 0.05) is 18.1 Å². The molecule has 0 N–H and O–H groups in total. The molecule has 1 fully saturated rings. The van der Waals surface area contributed by atoms with Crippen LogP contribution in [-0.4, -0.2) is 30.0 Å². The van der Waals surface area contributed by atoms with Crippen LogP contribution in [0.2, 0.25) is 5.02 Å². The molecule has 1 aromatic rings. The molecule has 0 aromatic heterocycles. The zero-order valence-corrected chi connectivity index (χ0v) is 12.9. The average molecular weight is 296 g/mol. The van der Waals surface area contributed by atoms with E-state index in [4.69, 9.17) is 16.3 Å². The predicted molar refractivity (Wildman–Crippen MR) is 81.1 cm³/mol. The van der Waals surface area contributed by atoms with E-state index in [0.29, 0.717) is 23.1 Å². The van der Waals surface area contributed by atoms with Crippen molar-refractivity contribution in [1.82, 2.24) is 4.90 Å². The maximum atomic E-state index is 12.5. The van der Waals surface area contributed by atoms with Crippen molar-refractivity contribution in [2.45, 2.75) is 39.2 Å². The van der Waals surface area contributed by atoms with Crippen molar-refractivity contribution < 1.29 is 9.53 Å². The van der Waals surface area contributed by atoms with Crippen molar-refractivity contribution >= 4 is 17.5 Å². The maximum absolute atomic E-state index is 12.5. The van der Waals surface area contributed by atoms with Gasteiger partial charge in [0.15, 0.2) is 6.10 Å². The van der Waals surface area contributed by atoms with Crippen LogP contribution in [-0.2, 0) is 4.79 Å². The van der Waals surface area contributed by atoms with Crippen LogP contribution in [0, 0.1) is 5.92 Å². The Balaban J connectivity index is 2.02. The van der Waals surface area contributed by atoms with Crippen molar-refractivity contribution in [2.24, 2.45) is 5.92 Å². The Morgan fingerprint density at radius 1 is 1.55 bits per heavy atom. The van der Waals surface area contributed by atoms with E-state index in [0.717, 1.165) is 19.5 Å². The monoisotopic (exact) mass is 295 g/mol. The van der Waals surface area contributed by atoms with E-state index >= 15 is 0 Å². The van der Waals surface area contributed by atoms with E-state index in [1.807, 2.05) is 24.0 Å². The molecule has 2 rings (SSSR count). The van der Waals surface area contributed by atoms with Crippen molar-refractivity contribution in [3.05, 3.63) is 29.3 Å². The van der Waals surface area contributed by atoms with E-state index in [9.17, 15) is 4.79 Å². The highest BCUT2D eigenvalue weighted by Crippen LogP contribution is 2.21. The lowest BCUT2D eigenvalue weighted by Crippen LogP contribution is -2.46. The summed E-state index contributed by atoms with van der Waals surface area (Å²) < 4.78 is 5.82. The first kappa shape index (κ1) is 15.2. The molecule has 0 spiro atoms. The second kappa shape index (κ2) is 6.98. The second-order valence-corrected chi connectivity index (χ2v) is 5.94. The number of likely N-dealkylation sites (tertiary alicyclic amines) is 1. The summed E-state index contributed by atoms with van der Waals surface area (Å²) in [6.45, 7) is 5.85. The van der Waals surface area contributed by atoms with Crippen LogP contribution in [0.5, 0.6) is 5.75 Å². The minimum absolute atomic E-state index is 0.0963. The lowest BCUT2D eigenvalue weighted by Gasteiger charge is -2.33. The van der Waals surface area contributed by atoms with E-state index in [-0.39, 0.29) is 5.91 Å². The topological polar surface area (TPSA) is 29.5 Å². The van der Waals surface area contributed by atoms with Crippen LogP contribution in [0.25, 0.3) is 0 Å². The van der Waals surface area contributed by atoms with Gasteiger partial charge < -0.3 is 9.64 Å². The minimum atomic E-state index is -0.418. The highest BCUT2D eigenvalue weighted by Gasteiger charge is 2.27. The van der Waals surface area contributed by atoms with Gasteiger partial charge in [0.05, 0.1) is 0 Å². The van der Waals surface area contributed by atoms with E-state index in [1.165, 1.54) is 6.42 Å². The zero-order valence-electron chi connectivity index (χ0n) is 12.1. The molecule has 2 atom stereocenters. The maximum Gasteiger partial charge on any atom is 0.263 e. The molecule has 0 unspecified atom stereocenters. The molecule has 0 aliphatic carbocycles. The first-order valence-electron chi connectivity index (χ1n) is 7.31. The van der Waals surface area contributed by atoms with Crippen molar-refractivity contribution in [3.63, 3.8) is 0 Å². The van der Waals surface area contributed by atoms with Gasteiger partial charge in [-0.25, -0.2) is 0 Å². The first-order chi connectivity index (χ1) is 9.60. The second-order valence-electron chi connectivity index (χ2n) is 5.50. The summed E-state index contributed by atoms with van der Waals surface area (Å²) in [5, 5.41) is 0.622. The Morgan fingerprint density at radius 2 is 2.35 bits per heavy atom. The van der Waals surface area contributed by atoms with Gasteiger partial charge in [-0.1, -0.05) is 31.5 Å². The third-order valence-electron chi connectivity index (χ3n) is 3.69. The highest BCUT2D eigenvalue weighted by molar-refractivity contribution is 6.30. The minimum Gasteiger partial charge on any atom is -0.481 e. The molecule has 20 heavy (non-hydrogen) atoms. The fourth-order valence-corrected chi connectivity index (χ4v) is 2.79. The summed E-state index contributed by atoms with van der Waals surface area (Å²) >= 11 is 5.94. The molecule has 0 radical (unpaired) electrons. The molecule has 0 saturated carbocycles. The summed E-state index contributed by atoms with van der Waals surface area (Å²) in [5.41, 5.74) is 0. The molecule has 1 saturated heterocycles. The van der Waals surface area contributed by atoms with Gasteiger partial charge in [-0.2, -0.15) is 0 Å². The third-order valence-corrected chi connectivity index (χ3v) is 3.92. The Hall–Kier alpha value is -1.22. The molecule has 1 heterocycles. The molecule has 3 nitrogen and oxygen atoms in total. The molecule has 4 heteroatoms. The van der Waals surface area contributed by atoms with Crippen molar-refractivity contribution in [1.29, 1.82) is 0 Å². The van der Waals surface area contributed by atoms with Crippen LogP contribution < -0.4 is 4.74 Å². The number of carbonyl (C=O) groups is 1. The van der Waals surface area contributed by atoms with Gasteiger partial charge in [0.1, 0.15) is 5.75 Å².